The summed E-state index contributed by atoms with van der Waals surface area (Å²) in [6, 6.07) is 8.36. The van der Waals surface area contributed by atoms with Crippen LogP contribution in [0.5, 0.6) is 17.2 Å². The van der Waals surface area contributed by atoms with Gasteiger partial charge in [-0.05, 0) is 35.7 Å². The van der Waals surface area contributed by atoms with Crippen molar-refractivity contribution in [2.75, 3.05) is 24.7 Å². The van der Waals surface area contributed by atoms with E-state index in [2.05, 4.69) is 10.6 Å². The maximum absolute atomic E-state index is 12.3. The number of hydrogen-bond donors (Lipinski definition) is 5. The number of carbonyl (C=O) groups is 1. The predicted octanol–water partition coefficient (Wildman–Crippen LogP) is 2.65. The van der Waals surface area contributed by atoms with Gasteiger partial charge in [0.2, 0.25) is 0 Å². The molecule has 0 aromatic heterocycles. The van der Waals surface area contributed by atoms with Crippen molar-refractivity contribution in [3.05, 3.63) is 68.0 Å². The van der Waals surface area contributed by atoms with Crippen LogP contribution >= 0.6 is 0 Å². The summed E-state index contributed by atoms with van der Waals surface area (Å²) in [5.74, 6) is -1.37. The molecule has 3 aromatic carbocycles. The molecule has 0 heterocycles. The third kappa shape index (κ3) is 4.09. The second-order valence-electron chi connectivity index (χ2n) is 8.05. The summed E-state index contributed by atoms with van der Waals surface area (Å²) in [7, 11) is 3.10. The van der Waals surface area contributed by atoms with Gasteiger partial charge in [-0.2, -0.15) is 0 Å². The Kier molecular flexibility index (Phi) is 6.11. The zero-order valence-electron chi connectivity index (χ0n) is 18.1. The van der Waals surface area contributed by atoms with Crippen molar-refractivity contribution in [1.29, 1.82) is 0 Å². The Morgan fingerprint density at radius 3 is 2.19 bits per heavy atom. The maximum Gasteiger partial charge on any atom is 0.257 e. The molecule has 0 spiro atoms. The minimum Gasteiger partial charge on any atom is -0.505 e. The molecule has 5 N–H and O–H groups in total. The largest absolute Gasteiger partial charge is 0.505 e. The van der Waals surface area contributed by atoms with Gasteiger partial charge < -0.3 is 30.9 Å². The van der Waals surface area contributed by atoms with Gasteiger partial charge in [-0.15, -0.1) is 0 Å². The summed E-state index contributed by atoms with van der Waals surface area (Å²) < 4.78 is 0. The smallest absolute Gasteiger partial charge is 0.257 e. The standard InChI is InChI=1S/C23H25N3O6/c1-11(2)17(12-8-9-15(27)16(28)10-12)25-19-18(21(30)22(19)31)24-14-7-5-6-13(20(14)29)23(32)26(3)4/h5-11,17,24-25,27-29H,1-4H3/t17-/m1/s1. The number of phenols is 3. The van der Waals surface area contributed by atoms with Crippen LogP contribution in [-0.4, -0.2) is 40.2 Å². The van der Waals surface area contributed by atoms with E-state index in [4.69, 9.17) is 0 Å². The monoisotopic (exact) mass is 439 g/mol. The van der Waals surface area contributed by atoms with Crippen LogP contribution in [0.1, 0.15) is 35.8 Å². The summed E-state index contributed by atoms with van der Waals surface area (Å²) in [4.78, 5) is 38.1. The summed E-state index contributed by atoms with van der Waals surface area (Å²) in [5, 5.41) is 35.7. The van der Waals surface area contributed by atoms with Crippen molar-refractivity contribution in [3.63, 3.8) is 0 Å². The maximum atomic E-state index is 12.3. The van der Waals surface area contributed by atoms with Crippen molar-refractivity contribution in [2.24, 2.45) is 5.92 Å². The fraction of sp³-hybridized carbons (Fsp3) is 0.261. The molecule has 1 atom stereocenters. The molecule has 0 aliphatic heterocycles. The highest BCUT2D eigenvalue weighted by molar-refractivity contribution is 5.99. The van der Waals surface area contributed by atoms with E-state index in [1.807, 2.05) is 13.8 Å². The highest BCUT2D eigenvalue weighted by atomic mass is 16.3. The molecule has 32 heavy (non-hydrogen) atoms. The van der Waals surface area contributed by atoms with Crippen LogP contribution in [0.3, 0.4) is 0 Å². The van der Waals surface area contributed by atoms with Crippen molar-refractivity contribution in [2.45, 2.75) is 19.9 Å². The Morgan fingerprint density at radius 1 is 0.938 bits per heavy atom. The van der Waals surface area contributed by atoms with Crippen LogP contribution in [0.2, 0.25) is 0 Å². The zero-order valence-corrected chi connectivity index (χ0v) is 18.1. The fourth-order valence-corrected chi connectivity index (χ4v) is 3.37. The van der Waals surface area contributed by atoms with Crippen LogP contribution in [0.15, 0.2) is 46.0 Å². The van der Waals surface area contributed by atoms with Crippen LogP contribution in [0, 0.1) is 5.92 Å². The third-order valence-corrected chi connectivity index (χ3v) is 5.17. The number of hydrogen-bond acceptors (Lipinski definition) is 8. The molecule has 168 valence electrons. The molecule has 0 radical (unpaired) electrons. The molecular formula is C23H25N3O6. The van der Waals surface area contributed by atoms with Crippen LogP contribution in [0.25, 0.3) is 0 Å². The summed E-state index contributed by atoms with van der Waals surface area (Å²) in [6.07, 6.45) is 0. The van der Waals surface area contributed by atoms with E-state index >= 15 is 0 Å². The molecule has 0 unspecified atom stereocenters. The van der Waals surface area contributed by atoms with E-state index < -0.39 is 22.8 Å². The lowest BCUT2D eigenvalue weighted by Crippen LogP contribution is -2.38. The SMILES string of the molecule is CC(C)[C@@H](Nc1c(Nc2cccc(C(=O)N(C)C)c2O)c(=O)c1=O)c1ccc(O)c(O)c1. The molecule has 3 aromatic rings. The lowest BCUT2D eigenvalue weighted by molar-refractivity contribution is 0.0824. The number of para-hydroxylation sites is 1. The van der Waals surface area contributed by atoms with E-state index in [-0.39, 0.29) is 45.8 Å². The molecule has 0 aliphatic carbocycles. The van der Waals surface area contributed by atoms with E-state index in [0.29, 0.717) is 5.56 Å². The highest BCUT2D eigenvalue weighted by Crippen LogP contribution is 2.35. The average Bonchev–Trinajstić information content (AvgIpc) is 2.75. The van der Waals surface area contributed by atoms with E-state index in [0.717, 1.165) is 0 Å². The van der Waals surface area contributed by atoms with Gasteiger partial charge in [0.05, 0.1) is 17.3 Å². The third-order valence-electron chi connectivity index (χ3n) is 5.17. The molecule has 0 saturated heterocycles. The number of benzene rings is 2. The number of carbonyl (C=O) groups excluding carboxylic acids is 1. The van der Waals surface area contributed by atoms with Gasteiger partial charge in [0.15, 0.2) is 17.2 Å². The number of rotatable bonds is 7. The number of anilines is 3. The molecule has 0 aliphatic rings. The zero-order chi connectivity index (χ0) is 23.7. The van der Waals surface area contributed by atoms with Crippen molar-refractivity contribution < 1.29 is 20.1 Å². The number of nitrogens with zero attached hydrogens (tertiary/aromatic N) is 1. The highest BCUT2D eigenvalue weighted by Gasteiger charge is 2.27. The van der Waals surface area contributed by atoms with E-state index in [9.17, 15) is 29.7 Å². The summed E-state index contributed by atoms with van der Waals surface area (Å²) >= 11 is 0. The Bertz CT molecular complexity index is 1240. The molecule has 9 nitrogen and oxygen atoms in total. The first-order valence-electron chi connectivity index (χ1n) is 9.95. The first kappa shape index (κ1) is 22.7. The minimum absolute atomic E-state index is 0.0324. The van der Waals surface area contributed by atoms with Gasteiger partial charge in [-0.3, -0.25) is 14.4 Å². The second-order valence-corrected chi connectivity index (χ2v) is 8.05. The van der Waals surface area contributed by atoms with Crippen molar-refractivity contribution >= 4 is 23.0 Å². The Morgan fingerprint density at radius 2 is 1.59 bits per heavy atom. The Labute approximate surface area is 184 Å². The summed E-state index contributed by atoms with van der Waals surface area (Å²) in [6.45, 7) is 3.78. The first-order chi connectivity index (χ1) is 15.0. The Hall–Kier alpha value is -4.01. The van der Waals surface area contributed by atoms with Crippen LogP contribution < -0.4 is 21.5 Å². The Balaban J connectivity index is 1.95. The van der Waals surface area contributed by atoms with Crippen molar-refractivity contribution in [3.8, 4) is 17.2 Å². The first-order valence-corrected chi connectivity index (χ1v) is 9.95. The fourth-order valence-electron chi connectivity index (χ4n) is 3.37. The van der Waals surface area contributed by atoms with Crippen LogP contribution in [-0.2, 0) is 0 Å². The molecule has 0 bridgehead atoms. The molecular weight excluding hydrogens is 414 g/mol. The second kappa shape index (κ2) is 8.62. The van der Waals surface area contributed by atoms with Gasteiger partial charge in [0.25, 0.3) is 16.8 Å². The van der Waals surface area contributed by atoms with Gasteiger partial charge in [-0.25, -0.2) is 0 Å². The van der Waals surface area contributed by atoms with Crippen molar-refractivity contribution in [1.82, 2.24) is 4.90 Å². The molecule has 1 amide bonds. The summed E-state index contributed by atoms with van der Waals surface area (Å²) in [5.41, 5.74) is -0.716. The minimum atomic E-state index is -0.757. The molecule has 0 fully saturated rings. The molecule has 3 rings (SSSR count). The van der Waals surface area contributed by atoms with Gasteiger partial charge >= 0.3 is 0 Å². The molecule has 0 saturated carbocycles. The number of aromatic hydroxyl groups is 3. The van der Waals surface area contributed by atoms with Crippen LogP contribution in [0.4, 0.5) is 17.1 Å². The van der Waals surface area contributed by atoms with Gasteiger partial charge in [-0.1, -0.05) is 26.0 Å². The van der Waals surface area contributed by atoms with E-state index in [1.165, 1.54) is 29.2 Å². The average molecular weight is 439 g/mol. The lowest BCUT2D eigenvalue weighted by Gasteiger charge is -2.26. The topological polar surface area (TPSA) is 139 Å². The predicted molar refractivity (Wildman–Crippen MR) is 122 cm³/mol. The quantitative estimate of drug-likeness (QED) is 0.280. The number of nitrogens with one attached hydrogen (secondary N) is 2. The number of amides is 1. The van der Waals surface area contributed by atoms with Gasteiger partial charge in [0.1, 0.15) is 11.4 Å². The number of phenolic OH excluding ortho intramolecular Hbond substituents is 3. The van der Waals surface area contributed by atoms with Gasteiger partial charge in [0, 0.05) is 14.1 Å². The lowest BCUT2D eigenvalue weighted by atomic mass is 9.94. The molecule has 9 heteroatoms. The van der Waals surface area contributed by atoms with E-state index in [1.54, 1.807) is 26.2 Å². The normalized spacial score (nSPS) is 12.0.